The first-order chi connectivity index (χ1) is 11.0. The van der Waals surface area contributed by atoms with Gasteiger partial charge in [0.15, 0.2) is 0 Å². The fourth-order valence-electron chi connectivity index (χ4n) is 2.19. The number of hydrogen-bond acceptors (Lipinski definition) is 6. The van der Waals surface area contributed by atoms with Crippen LogP contribution in [0.15, 0.2) is 24.5 Å². The molecule has 0 atom stereocenters. The molecule has 3 aromatic rings. The minimum absolute atomic E-state index is 0.0798. The van der Waals surface area contributed by atoms with E-state index in [1.54, 1.807) is 23.7 Å². The molecule has 0 unspecified atom stereocenters. The Bertz CT molecular complexity index is 839. The molecule has 5 nitrogen and oxygen atoms in total. The first-order valence-electron chi connectivity index (χ1n) is 7.13. The number of thiazole rings is 2. The van der Waals surface area contributed by atoms with E-state index in [2.05, 4.69) is 20.3 Å². The maximum absolute atomic E-state index is 12.3. The van der Waals surface area contributed by atoms with Crippen LogP contribution in [-0.2, 0) is 6.54 Å². The van der Waals surface area contributed by atoms with Gasteiger partial charge in [-0.15, -0.1) is 22.7 Å². The van der Waals surface area contributed by atoms with Gasteiger partial charge in [0.1, 0.15) is 9.88 Å². The van der Waals surface area contributed by atoms with Crippen LogP contribution >= 0.6 is 22.7 Å². The van der Waals surface area contributed by atoms with Crippen molar-refractivity contribution in [2.45, 2.75) is 27.3 Å². The molecular weight excluding hydrogens is 328 g/mol. The zero-order valence-corrected chi connectivity index (χ0v) is 14.7. The van der Waals surface area contributed by atoms with Crippen molar-refractivity contribution in [3.8, 4) is 10.6 Å². The van der Waals surface area contributed by atoms with Crippen LogP contribution in [0.4, 0.5) is 0 Å². The lowest BCUT2D eigenvalue weighted by Gasteiger charge is -2.02. The average molecular weight is 344 g/mol. The molecule has 0 bridgehead atoms. The first-order valence-corrected chi connectivity index (χ1v) is 8.77. The quantitative estimate of drug-likeness (QED) is 0.786. The van der Waals surface area contributed by atoms with Crippen molar-refractivity contribution in [1.29, 1.82) is 0 Å². The Hall–Kier alpha value is -2.12. The van der Waals surface area contributed by atoms with E-state index in [0.717, 1.165) is 31.8 Å². The van der Waals surface area contributed by atoms with E-state index in [9.17, 15) is 4.79 Å². The van der Waals surface area contributed by atoms with Gasteiger partial charge in [0, 0.05) is 22.8 Å². The smallest absolute Gasteiger partial charge is 0.263 e. The van der Waals surface area contributed by atoms with Gasteiger partial charge < -0.3 is 5.32 Å². The van der Waals surface area contributed by atoms with Gasteiger partial charge in [0.2, 0.25) is 0 Å². The summed E-state index contributed by atoms with van der Waals surface area (Å²) < 4.78 is 0. The Balaban J connectivity index is 1.73. The molecule has 0 fully saturated rings. The lowest BCUT2D eigenvalue weighted by molar-refractivity contribution is 0.0954. The topological polar surface area (TPSA) is 67.8 Å². The normalized spacial score (nSPS) is 10.7. The van der Waals surface area contributed by atoms with Gasteiger partial charge in [-0.2, -0.15) is 0 Å². The second-order valence-corrected chi connectivity index (χ2v) is 7.39. The van der Waals surface area contributed by atoms with E-state index in [-0.39, 0.29) is 5.91 Å². The van der Waals surface area contributed by atoms with Crippen molar-refractivity contribution in [3.63, 3.8) is 0 Å². The van der Waals surface area contributed by atoms with Crippen molar-refractivity contribution in [1.82, 2.24) is 20.3 Å². The summed E-state index contributed by atoms with van der Waals surface area (Å²) in [5.74, 6) is -0.0798. The number of nitrogens with one attached hydrogen (secondary N) is 1. The average Bonchev–Trinajstić information content (AvgIpc) is 3.08. The van der Waals surface area contributed by atoms with E-state index in [1.165, 1.54) is 11.3 Å². The number of aromatic nitrogens is 3. The first kappa shape index (κ1) is 15.8. The zero-order valence-electron chi connectivity index (χ0n) is 13.1. The van der Waals surface area contributed by atoms with Gasteiger partial charge in [0.25, 0.3) is 5.91 Å². The van der Waals surface area contributed by atoms with Crippen molar-refractivity contribution < 1.29 is 4.79 Å². The predicted octanol–water partition coefficient (Wildman–Crippen LogP) is 3.52. The number of hydrogen-bond donors (Lipinski definition) is 1. The Labute approximate surface area is 142 Å². The number of amides is 1. The maximum atomic E-state index is 12.3. The van der Waals surface area contributed by atoms with Crippen LogP contribution in [0.1, 0.15) is 30.9 Å². The summed E-state index contributed by atoms with van der Waals surface area (Å²) in [6, 6.07) is 3.87. The number of pyridine rings is 1. The van der Waals surface area contributed by atoms with Crippen molar-refractivity contribution in [2.75, 3.05) is 0 Å². The van der Waals surface area contributed by atoms with Gasteiger partial charge in [-0.1, -0.05) is 0 Å². The molecule has 1 N–H and O–H groups in total. The molecule has 118 valence electrons. The van der Waals surface area contributed by atoms with Crippen LogP contribution in [0.5, 0.6) is 0 Å². The third-order valence-electron chi connectivity index (χ3n) is 3.32. The van der Waals surface area contributed by atoms with Crippen LogP contribution in [0, 0.1) is 20.8 Å². The standard InChI is InChI=1S/C16H16N4OS2/c1-9-13(23-16(20-9)12-5-4-6-17-7-12)8-18-15(21)14-10(2)19-11(3)22-14/h4-7H,8H2,1-3H3,(H,18,21). The second-order valence-electron chi connectivity index (χ2n) is 5.10. The summed E-state index contributed by atoms with van der Waals surface area (Å²) in [7, 11) is 0. The summed E-state index contributed by atoms with van der Waals surface area (Å²) in [4.78, 5) is 27.0. The summed E-state index contributed by atoms with van der Waals surface area (Å²) >= 11 is 3.00. The number of carbonyl (C=O) groups is 1. The Morgan fingerprint density at radius 1 is 1.17 bits per heavy atom. The SMILES string of the molecule is Cc1nc(C)c(C(=O)NCc2sc(-c3cccnc3)nc2C)s1. The molecule has 0 aliphatic heterocycles. The fraction of sp³-hybridized carbons (Fsp3) is 0.250. The molecule has 3 rings (SSSR count). The van der Waals surface area contributed by atoms with Crippen LogP contribution in [-0.4, -0.2) is 20.9 Å². The van der Waals surface area contributed by atoms with Gasteiger partial charge in [0.05, 0.1) is 22.9 Å². The third-order valence-corrected chi connectivity index (χ3v) is 5.60. The maximum Gasteiger partial charge on any atom is 0.263 e. The molecule has 0 spiro atoms. The molecule has 0 aromatic carbocycles. The number of aryl methyl sites for hydroxylation is 3. The van der Waals surface area contributed by atoms with Crippen LogP contribution in [0.2, 0.25) is 0 Å². The molecule has 3 heterocycles. The highest BCUT2D eigenvalue weighted by Gasteiger charge is 2.15. The molecule has 0 radical (unpaired) electrons. The van der Waals surface area contributed by atoms with Crippen molar-refractivity contribution >= 4 is 28.6 Å². The van der Waals surface area contributed by atoms with Crippen LogP contribution < -0.4 is 5.32 Å². The zero-order chi connectivity index (χ0) is 16.4. The molecule has 1 amide bonds. The Morgan fingerprint density at radius 3 is 2.65 bits per heavy atom. The van der Waals surface area contributed by atoms with Gasteiger partial charge in [-0.05, 0) is 32.9 Å². The van der Waals surface area contributed by atoms with Gasteiger partial charge >= 0.3 is 0 Å². The molecule has 3 aromatic heterocycles. The summed E-state index contributed by atoms with van der Waals surface area (Å²) in [5.41, 5.74) is 2.71. The number of nitrogens with zero attached hydrogens (tertiary/aromatic N) is 3. The highest BCUT2D eigenvalue weighted by Crippen LogP contribution is 2.27. The molecule has 0 saturated heterocycles. The van der Waals surface area contributed by atoms with Crippen LogP contribution in [0.25, 0.3) is 10.6 Å². The van der Waals surface area contributed by atoms with Gasteiger partial charge in [-0.3, -0.25) is 9.78 Å². The van der Waals surface area contributed by atoms with E-state index in [4.69, 9.17) is 0 Å². The highest BCUT2D eigenvalue weighted by atomic mass is 32.1. The molecule has 0 saturated carbocycles. The van der Waals surface area contributed by atoms with Crippen molar-refractivity contribution in [3.05, 3.63) is 50.7 Å². The van der Waals surface area contributed by atoms with E-state index in [0.29, 0.717) is 11.4 Å². The molecule has 23 heavy (non-hydrogen) atoms. The van der Waals surface area contributed by atoms with Crippen molar-refractivity contribution in [2.24, 2.45) is 0 Å². The minimum atomic E-state index is -0.0798. The second kappa shape index (κ2) is 6.55. The Morgan fingerprint density at radius 2 is 2.00 bits per heavy atom. The monoisotopic (exact) mass is 344 g/mol. The minimum Gasteiger partial charge on any atom is -0.346 e. The summed E-state index contributed by atoms with van der Waals surface area (Å²) in [6.45, 7) is 6.19. The van der Waals surface area contributed by atoms with E-state index in [1.807, 2.05) is 32.9 Å². The highest BCUT2D eigenvalue weighted by molar-refractivity contribution is 7.15. The number of carbonyl (C=O) groups excluding carboxylic acids is 1. The lowest BCUT2D eigenvalue weighted by atomic mass is 10.3. The molecule has 0 aliphatic rings. The summed E-state index contributed by atoms with van der Waals surface area (Å²) in [5, 5.41) is 4.79. The third kappa shape index (κ3) is 3.46. The van der Waals surface area contributed by atoms with Gasteiger partial charge in [-0.25, -0.2) is 9.97 Å². The Kier molecular flexibility index (Phi) is 4.49. The number of rotatable bonds is 4. The van der Waals surface area contributed by atoms with E-state index < -0.39 is 0 Å². The fourth-order valence-corrected chi connectivity index (χ4v) is 4.02. The predicted molar refractivity (Wildman–Crippen MR) is 92.8 cm³/mol. The largest absolute Gasteiger partial charge is 0.346 e. The van der Waals surface area contributed by atoms with E-state index >= 15 is 0 Å². The summed E-state index contributed by atoms with van der Waals surface area (Å²) in [6.07, 6.45) is 3.54. The molecule has 0 aliphatic carbocycles. The molecule has 7 heteroatoms. The lowest BCUT2D eigenvalue weighted by Crippen LogP contribution is -2.22. The molecular formula is C16H16N4OS2. The van der Waals surface area contributed by atoms with Crippen LogP contribution in [0.3, 0.4) is 0 Å².